The minimum atomic E-state index is -0.791. The molecule has 0 aromatic heterocycles. The molecule has 0 aliphatic carbocycles. The summed E-state index contributed by atoms with van der Waals surface area (Å²) in [6.45, 7) is 0.230. The third-order valence-corrected chi connectivity index (χ3v) is 0.711. The van der Waals surface area contributed by atoms with Gasteiger partial charge in [-0.2, -0.15) is 0 Å². The molecule has 0 aliphatic heterocycles. The number of hydrogen-bond acceptors (Lipinski definition) is 3. The molecule has 4 heteroatoms. The Morgan fingerprint density at radius 1 is 1.67 bits per heavy atom. The number of primary amides is 1. The molecule has 2 N–H and O–H groups in total. The van der Waals surface area contributed by atoms with Gasteiger partial charge in [0.2, 0.25) is 0 Å². The molecule has 0 saturated carbocycles. The van der Waals surface area contributed by atoms with Crippen LogP contribution in [-0.2, 0) is 9.53 Å². The molecular formula is C5H9NO3. The van der Waals surface area contributed by atoms with E-state index in [0.29, 0.717) is 12.8 Å². The van der Waals surface area contributed by atoms with Crippen molar-refractivity contribution in [1.29, 1.82) is 0 Å². The highest BCUT2D eigenvalue weighted by Crippen LogP contribution is 1.84. The number of aldehydes is 1. The topological polar surface area (TPSA) is 69.4 Å². The zero-order chi connectivity index (χ0) is 7.11. The van der Waals surface area contributed by atoms with Crippen molar-refractivity contribution < 1.29 is 14.3 Å². The summed E-state index contributed by atoms with van der Waals surface area (Å²) in [4.78, 5) is 19.6. The molecular weight excluding hydrogens is 122 g/mol. The van der Waals surface area contributed by atoms with Gasteiger partial charge in [0.1, 0.15) is 6.29 Å². The lowest BCUT2D eigenvalue weighted by Gasteiger charge is -1.95. The Kier molecular flexibility index (Phi) is 4.49. The summed E-state index contributed by atoms with van der Waals surface area (Å²) in [7, 11) is 0. The summed E-state index contributed by atoms with van der Waals surface area (Å²) in [5, 5.41) is 0. The summed E-state index contributed by atoms with van der Waals surface area (Å²) < 4.78 is 4.32. The second kappa shape index (κ2) is 5.08. The van der Waals surface area contributed by atoms with Crippen molar-refractivity contribution in [2.45, 2.75) is 12.8 Å². The lowest BCUT2D eigenvalue weighted by molar-refractivity contribution is -0.108. The molecule has 9 heavy (non-hydrogen) atoms. The number of carbonyl (C=O) groups excluding carboxylic acids is 2. The quantitative estimate of drug-likeness (QED) is 0.433. The SMILES string of the molecule is NC(=O)OCCCC=O. The monoisotopic (exact) mass is 131 g/mol. The largest absolute Gasteiger partial charge is 0.450 e. The van der Waals surface area contributed by atoms with Crippen molar-refractivity contribution in [2.75, 3.05) is 6.61 Å². The van der Waals surface area contributed by atoms with Crippen LogP contribution < -0.4 is 5.73 Å². The molecule has 0 bridgehead atoms. The number of amides is 1. The Hall–Kier alpha value is -1.06. The average molecular weight is 131 g/mol. The predicted molar refractivity (Wildman–Crippen MR) is 30.8 cm³/mol. The fourth-order valence-electron chi connectivity index (χ4n) is 0.339. The Balaban J connectivity index is 2.91. The van der Waals surface area contributed by atoms with Crippen molar-refractivity contribution in [3.8, 4) is 0 Å². The number of ether oxygens (including phenoxy) is 1. The average Bonchev–Trinajstić information content (AvgIpc) is 1.80. The maximum absolute atomic E-state index is 9.87. The van der Waals surface area contributed by atoms with Crippen LogP contribution in [0.25, 0.3) is 0 Å². The first-order chi connectivity index (χ1) is 4.27. The summed E-state index contributed by atoms with van der Waals surface area (Å²) in [5.74, 6) is 0. The van der Waals surface area contributed by atoms with Gasteiger partial charge in [-0.25, -0.2) is 4.79 Å². The smallest absolute Gasteiger partial charge is 0.404 e. The number of hydrogen-bond donors (Lipinski definition) is 1. The fourth-order valence-corrected chi connectivity index (χ4v) is 0.339. The van der Waals surface area contributed by atoms with E-state index in [1.807, 2.05) is 0 Å². The number of carbonyl (C=O) groups is 2. The standard InChI is InChI=1S/C5H9NO3/c6-5(8)9-4-2-1-3-7/h3H,1-2,4H2,(H2,6,8). The Labute approximate surface area is 53.0 Å². The van der Waals surface area contributed by atoms with Gasteiger partial charge in [-0.15, -0.1) is 0 Å². The van der Waals surface area contributed by atoms with E-state index in [1.54, 1.807) is 0 Å². The molecule has 0 atom stereocenters. The first-order valence-electron chi connectivity index (χ1n) is 2.63. The van der Waals surface area contributed by atoms with E-state index in [2.05, 4.69) is 10.5 Å². The van der Waals surface area contributed by atoms with Gasteiger partial charge in [0.25, 0.3) is 0 Å². The molecule has 4 nitrogen and oxygen atoms in total. The molecule has 0 rings (SSSR count). The first kappa shape index (κ1) is 7.94. The highest BCUT2D eigenvalue weighted by atomic mass is 16.5. The third kappa shape index (κ3) is 6.94. The molecule has 0 fully saturated rings. The number of unbranched alkanes of at least 4 members (excludes halogenated alkanes) is 1. The number of rotatable bonds is 4. The van der Waals surface area contributed by atoms with E-state index in [1.165, 1.54) is 0 Å². The van der Waals surface area contributed by atoms with Crippen LogP contribution in [0.2, 0.25) is 0 Å². The lowest BCUT2D eigenvalue weighted by atomic mass is 10.4. The molecule has 1 amide bonds. The van der Waals surface area contributed by atoms with E-state index < -0.39 is 6.09 Å². The van der Waals surface area contributed by atoms with Crippen LogP contribution in [0.3, 0.4) is 0 Å². The van der Waals surface area contributed by atoms with Crippen LogP contribution in [0.1, 0.15) is 12.8 Å². The van der Waals surface area contributed by atoms with Crippen LogP contribution >= 0.6 is 0 Å². The second-order valence-corrected chi connectivity index (χ2v) is 1.48. The lowest BCUT2D eigenvalue weighted by Crippen LogP contribution is -2.13. The first-order valence-corrected chi connectivity index (χ1v) is 2.63. The maximum Gasteiger partial charge on any atom is 0.404 e. The van der Waals surface area contributed by atoms with Gasteiger partial charge in [0.15, 0.2) is 0 Å². The summed E-state index contributed by atoms with van der Waals surface area (Å²) in [6.07, 6.45) is 0.935. The molecule has 0 aliphatic rings. The molecule has 0 heterocycles. The van der Waals surface area contributed by atoms with E-state index in [0.717, 1.165) is 6.29 Å². The third-order valence-electron chi connectivity index (χ3n) is 0.711. The van der Waals surface area contributed by atoms with Gasteiger partial charge in [0.05, 0.1) is 6.61 Å². The van der Waals surface area contributed by atoms with Gasteiger partial charge in [-0.05, 0) is 6.42 Å². The van der Waals surface area contributed by atoms with E-state index in [-0.39, 0.29) is 6.61 Å². The normalized spacial score (nSPS) is 8.44. The second-order valence-electron chi connectivity index (χ2n) is 1.48. The summed E-state index contributed by atoms with van der Waals surface area (Å²) in [6, 6.07) is 0. The highest BCUT2D eigenvalue weighted by Gasteiger charge is 1.90. The zero-order valence-corrected chi connectivity index (χ0v) is 5.00. The minimum absolute atomic E-state index is 0.230. The molecule has 0 unspecified atom stereocenters. The summed E-state index contributed by atoms with van der Waals surface area (Å²) in [5.41, 5.74) is 4.63. The Morgan fingerprint density at radius 3 is 2.78 bits per heavy atom. The Bertz CT molecular complexity index is 102. The van der Waals surface area contributed by atoms with Gasteiger partial charge in [0, 0.05) is 6.42 Å². The van der Waals surface area contributed by atoms with E-state index >= 15 is 0 Å². The van der Waals surface area contributed by atoms with Crippen LogP contribution in [0, 0.1) is 0 Å². The minimum Gasteiger partial charge on any atom is -0.450 e. The summed E-state index contributed by atoms with van der Waals surface area (Å²) >= 11 is 0. The van der Waals surface area contributed by atoms with Crippen molar-refractivity contribution in [1.82, 2.24) is 0 Å². The van der Waals surface area contributed by atoms with E-state index in [4.69, 9.17) is 0 Å². The van der Waals surface area contributed by atoms with Crippen LogP contribution in [-0.4, -0.2) is 19.0 Å². The molecule has 0 saturated heterocycles. The molecule has 52 valence electrons. The number of nitrogens with two attached hydrogens (primary N) is 1. The highest BCUT2D eigenvalue weighted by molar-refractivity contribution is 5.64. The Morgan fingerprint density at radius 2 is 2.33 bits per heavy atom. The van der Waals surface area contributed by atoms with Gasteiger partial charge < -0.3 is 15.3 Å². The van der Waals surface area contributed by atoms with Crippen molar-refractivity contribution in [3.63, 3.8) is 0 Å². The molecule has 0 radical (unpaired) electrons. The zero-order valence-electron chi connectivity index (χ0n) is 5.00. The van der Waals surface area contributed by atoms with Crippen LogP contribution in [0.4, 0.5) is 4.79 Å². The van der Waals surface area contributed by atoms with Crippen molar-refractivity contribution in [2.24, 2.45) is 5.73 Å². The van der Waals surface area contributed by atoms with Crippen LogP contribution in [0.15, 0.2) is 0 Å². The predicted octanol–water partition coefficient (Wildman–Crippen LogP) is 0.0608. The van der Waals surface area contributed by atoms with E-state index in [9.17, 15) is 9.59 Å². The van der Waals surface area contributed by atoms with Gasteiger partial charge >= 0.3 is 6.09 Å². The van der Waals surface area contributed by atoms with Crippen molar-refractivity contribution in [3.05, 3.63) is 0 Å². The van der Waals surface area contributed by atoms with Crippen molar-refractivity contribution >= 4 is 12.4 Å². The molecule has 0 aromatic rings. The fraction of sp³-hybridized carbons (Fsp3) is 0.600. The van der Waals surface area contributed by atoms with Gasteiger partial charge in [-0.1, -0.05) is 0 Å². The van der Waals surface area contributed by atoms with Gasteiger partial charge in [-0.3, -0.25) is 0 Å². The molecule has 0 aromatic carbocycles. The maximum atomic E-state index is 9.87. The van der Waals surface area contributed by atoms with Crippen LogP contribution in [0.5, 0.6) is 0 Å². The molecule has 0 spiro atoms.